The predicted octanol–water partition coefficient (Wildman–Crippen LogP) is 3.29. The van der Waals surface area contributed by atoms with Gasteiger partial charge in [-0.15, -0.1) is 10.2 Å². The third-order valence-corrected chi connectivity index (χ3v) is 5.30. The molecular weight excluding hydrogens is 393 g/mol. The highest BCUT2D eigenvalue weighted by Gasteiger charge is 2.15. The lowest BCUT2D eigenvalue weighted by Gasteiger charge is -2.08. The van der Waals surface area contributed by atoms with Crippen molar-refractivity contribution in [2.24, 2.45) is 0 Å². The number of aromatic nitrogens is 2. The van der Waals surface area contributed by atoms with Crippen LogP contribution in [0.15, 0.2) is 65.6 Å². The molecule has 0 saturated carbocycles. The summed E-state index contributed by atoms with van der Waals surface area (Å²) in [6.07, 6.45) is 0. The number of benzene rings is 2. The number of sulfonamides is 1. The van der Waals surface area contributed by atoms with Gasteiger partial charge in [-0.2, -0.15) is 0 Å². The van der Waals surface area contributed by atoms with Crippen LogP contribution in [0.2, 0.25) is 5.02 Å². The van der Waals surface area contributed by atoms with E-state index in [4.69, 9.17) is 16.3 Å². The predicted molar refractivity (Wildman–Crippen MR) is 99.6 cm³/mol. The minimum absolute atomic E-state index is 0.000550. The van der Waals surface area contributed by atoms with Crippen molar-refractivity contribution in [2.75, 3.05) is 13.2 Å². The van der Waals surface area contributed by atoms with Crippen molar-refractivity contribution in [1.82, 2.24) is 14.9 Å². The van der Waals surface area contributed by atoms with Crippen LogP contribution in [-0.2, 0) is 10.0 Å². The molecule has 0 aliphatic carbocycles. The number of nitrogens with one attached hydrogen (secondary N) is 1. The number of ether oxygens (including phenoxy) is 1. The summed E-state index contributed by atoms with van der Waals surface area (Å²) >= 11 is 5.61. The first-order valence-electron chi connectivity index (χ1n) is 7.92. The molecule has 27 heavy (non-hydrogen) atoms. The van der Waals surface area contributed by atoms with Gasteiger partial charge in [0.15, 0.2) is 0 Å². The summed E-state index contributed by atoms with van der Waals surface area (Å²) in [7, 11) is -3.81. The van der Waals surface area contributed by atoms with Crippen LogP contribution in [0.1, 0.15) is 0 Å². The first-order valence-corrected chi connectivity index (χ1v) is 9.78. The maximum Gasteiger partial charge on any atom is 0.240 e. The van der Waals surface area contributed by atoms with Crippen molar-refractivity contribution >= 4 is 21.6 Å². The fourth-order valence-corrected chi connectivity index (χ4v) is 3.50. The van der Waals surface area contributed by atoms with Crippen LogP contribution in [0.4, 0.5) is 4.39 Å². The molecule has 0 aliphatic rings. The van der Waals surface area contributed by atoms with Crippen LogP contribution in [0.5, 0.6) is 5.88 Å². The molecule has 6 nitrogen and oxygen atoms in total. The van der Waals surface area contributed by atoms with E-state index in [1.165, 1.54) is 0 Å². The third-order valence-electron chi connectivity index (χ3n) is 3.56. The van der Waals surface area contributed by atoms with Gasteiger partial charge in [0.25, 0.3) is 0 Å². The smallest absolute Gasteiger partial charge is 0.240 e. The van der Waals surface area contributed by atoms with Crippen molar-refractivity contribution in [2.45, 2.75) is 4.90 Å². The largest absolute Gasteiger partial charge is 0.475 e. The van der Waals surface area contributed by atoms with E-state index >= 15 is 0 Å². The van der Waals surface area contributed by atoms with Gasteiger partial charge in [0.1, 0.15) is 12.4 Å². The Morgan fingerprint density at radius 2 is 1.81 bits per heavy atom. The van der Waals surface area contributed by atoms with E-state index in [9.17, 15) is 12.8 Å². The fourth-order valence-electron chi connectivity index (χ4n) is 2.22. The maximum absolute atomic E-state index is 13.1. The molecule has 0 aliphatic heterocycles. The molecule has 1 heterocycles. The highest BCUT2D eigenvalue weighted by Crippen LogP contribution is 2.19. The molecule has 9 heteroatoms. The van der Waals surface area contributed by atoms with Crippen molar-refractivity contribution in [1.29, 1.82) is 0 Å². The molecule has 0 saturated heterocycles. The van der Waals surface area contributed by atoms with Gasteiger partial charge in [-0.25, -0.2) is 17.5 Å². The van der Waals surface area contributed by atoms with E-state index in [0.29, 0.717) is 5.69 Å². The highest BCUT2D eigenvalue weighted by atomic mass is 35.5. The zero-order chi connectivity index (χ0) is 19.3. The van der Waals surface area contributed by atoms with Gasteiger partial charge in [0, 0.05) is 18.2 Å². The minimum Gasteiger partial charge on any atom is -0.475 e. The van der Waals surface area contributed by atoms with Crippen molar-refractivity contribution in [3.05, 3.63) is 71.5 Å². The van der Waals surface area contributed by atoms with Gasteiger partial charge in [0.05, 0.1) is 15.6 Å². The highest BCUT2D eigenvalue weighted by molar-refractivity contribution is 7.89. The van der Waals surface area contributed by atoms with E-state index < -0.39 is 15.8 Å². The van der Waals surface area contributed by atoms with Crippen molar-refractivity contribution in [3.8, 4) is 17.1 Å². The van der Waals surface area contributed by atoms with Crippen LogP contribution < -0.4 is 9.46 Å². The lowest BCUT2D eigenvalue weighted by Crippen LogP contribution is -2.28. The zero-order valence-corrected chi connectivity index (χ0v) is 15.5. The first-order chi connectivity index (χ1) is 13.0. The number of halogens is 2. The standard InChI is InChI=1S/C18H15ClFN3O3S/c19-15-12-14(6-7-16(15)20)27(24,25)21-10-11-26-18-9-8-17(22-23-18)13-4-2-1-3-5-13/h1-9,12,21H,10-11H2. The van der Waals surface area contributed by atoms with Crippen LogP contribution >= 0.6 is 11.6 Å². The third kappa shape index (κ3) is 5.00. The molecule has 1 N–H and O–H groups in total. The Bertz CT molecular complexity index is 1020. The number of hydrogen-bond acceptors (Lipinski definition) is 5. The fraction of sp³-hybridized carbons (Fsp3) is 0.111. The maximum atomic E-state index is 13.1. The van der Waals surface area contributed by atoms with Gasteiger partial charge in [0.2, 0.25) is 15.9 Å². The first kappa shape index (κ1) is 19.2. The van der Waals surface area contributed by atoms with E-state index in [1.807, 2.05) is 30.3 Å². The normalized spacial score (nSPS) is 11.3. The number of nitrogens with zero attached hydrogens (tertiary/aromatic N) is 2. The van der Waals surface area contributed by atoms with Crippen molar-refractivity contribution in [3.63, 3.8) is 0 Å². The molecule has 3 aromatic rings. The van der Waals surface area contributed by atoms with Crippen LogP contribution in [0, 0.1) is 5.82 Å². The molecule has 0 spiro atoms. The van der Waals surface area contributed by atoms with E-state index in [2.05, 4.69) is 14.9 Å². The van der Waals surface area contributed by atoms with E-state index in [-0.39, 0.29) is 28.9 Å². The number of rotatable bonds is 7. The molecule has 0 radical (unpaired) electrons. The van der Waals surface area contributed by atoms with Gasteiger partial charge in [-0.1, -0.05) is 41.9 Å². The summed E-state index contributed by atoms with van der Waals surface area (Å²) in [5, 5.41) is 7.78. The van der Waals surface area contributed by atoms with E-state index in [1.54, 1.807) is 12.1 Å². The number of hydrogen-bond donors (Lipinski definition) is 1. The van der Waals surface area contributed by atoms with Gasteiger partial charge >= 0.3 is 0 Å². The van der Waals surface area contributed by atoms with Crippen molar-refractivity contribution < 1.29 is 17.5 Å². The Morgan fingerprint density at radius 3 is 2.48 bits per heavy atom. The monoisotopic (exact) mass is 407 g/mol. The zero-order valence-electron chi connectivity index (χ0n) is 14.0. The second-order valence-electron chi connectivity index (χ2n) is 5.44. The Hall–Kier alpha value is -2.55. The molecule has 0 atom stereocenters. The average molecular weight is 408 g/mol. The summed E-state index contributed by atoms with van der Waals surface area (Å²) in [5.74, 6) is -0.407. The Balaban J connectivity index is 1.53. The Labute approximate surface area is 161 Å². The molecule has 0 unspecified atom stereocenters. The molecule has 0 fully saturated rings. The van der Waals surface area contributed by atoms with Gasteiger partial charge in [-0.05, 0) is 24.3 Å². The molecule has 0 bridgehead atoms. The van der Waals surface area contributed by atoms with Gasteiger partial charge < -0.3 is 4.74 Å². The summed E-state index contributed by atoms with van der Waals surface area (Å²) in [5.41, 5.74) is 1.64. The Morgan fingerprint density at radius 1 is 1.04 bits per heavy atom. The van der Waals surface area contributed by atoms with Crippen LogP contribution in [0.3, 0.4) is 0 Å². The summed E-state index contributed by atoms with van der Waals surface area (Å²) in [6, 6.07) is 16.2. The molecule has 140 valence electrons. The van der Waals surface area contributed by atoms with Gasteiger partial charge in [-0.3, -0.25) is 0 Å². The summed E-state index contributed by atoms with van der Waals surface area (Å²) in [6.45, 7) is 0.0486. The lowest BCUT2D eigenvalue weighted by molar-refractivity contribution is 0.307. The molecule has 3 rings (SSSR count). The van der Waals surface area contributed by atoms with E-state index in [0.717, 1.165) is 23.8 Å². The topological polar surface area (TPSA) is 81.2 Å². The molecule has 0 amide bonds. The molecule has 2 aromatic carbocycles. The Kier molecular flexibility index (Phi) is 6.00. The molecule has 1 aromatic heterocycles. The summed E-state index contributed by atoms with van der Waals surface area (Å²) < 4.78 is 45.1. The quantitative estimate of drug-likeness (QED) is 0.608. The second-order valence-corrected chi connectivity index (χ2v) is 7.62. The summed E-state index contributed by atoms with van der Waals surface area (Å²) in [4.78, 5) is -0.124. The lowest BCUT2D eigenvalue weighted by atomic mass is 10.1. The minimum atomic E-state index is -3.81. The average Bonchev–Trinajstić information content (AvgIpc) is 2.68. The SMILES string of the molecule is O=S(=O)(NCCOc1ccc(-c2ccccc2)nn1)c1ccc(F)c(Cl)c1. The second kappa shape index (κ2) is 8.43. The van der Waals surface area contributed by atoms with Crippen LogP contribution in [0.25, 0.3) is 11.3 Å². The van der Waals surface area contributed by atoms with Crippen LogP contribution in [-0.4, -0.2) is 31.8 Å². The molecular formula is C18H15ClFN3O3S.